The van der Waals surface area contributed by atoms with Gasteiger partial charge in [-0.25, -0.2) is 8.42 Å². The van der Waals surface area contributed by atoms with Gasteiger partial charge in [0.15, 0.2) is 6.61 Å². The van der Waals surface area contributed by atoms with Crippen LogP contribution in [0.5, 0.6) is 5.75 Å². The van der Waals surface area contributed by atoms with E-state index >= 15 is 0 Å². The lowest BCUT2D eigenvalue weighted by Crippen LogP contribution is -2.43. The van der Waals surface area contributed by atoms with Crippen LogP contribution in [0.1, 0.15) is 52.4 Å². The molecule has 1 saturated carbocycles. The van der Waals surface area contributed by atoms with E-state index in [2.05, 4.69) is 6.92 Å². The highest BCUT2D eigenvalue weighted by molar-refractivity contribution is 7.89. The first-order valence-electron chi connectivity index (χ1n) is 11.9. The van der Waals surface area contributed by atoms with E-state index in [1.165, 1.54) is 16.4 Å². The number of hydrogen-bond donors (Lipinski definition) is 0. The predicted octanol–water partition coefficient (Wildman–Crippen LogP) is 3.07. The normalized spacial score (nSPS) is 22.5. The molecule has 0 radical (unpaired) electrons. The van der Waals surface area contributed by atoms with Gasteiger partial charge in [-0.05, 0) is 75.6 Å². The number of carbonyl (C=O) groups excluding carboxylic acids is 2. The summed E-state index contributed by atoms with van der Waals surface area (Å²) in [5.41, 5.74) is 0. The van der Waals surface area contributed by atoms with Gasteiger partial charge in [-0.1, -0.05) is 6.92 Å². The standard InChI is InChI=1S/C24H36N2O6S/c1-4-31-21-9-11-22(12-10-21)33(29,30)26-15-13-19(14-16-26)24(28)32-17-23(27)25(3)20-7-5-18(2)6-8-20/h9-12,18-20H,4-8,13-17H2,1-3H3. The summed E-state index contributed by atoms with van der Waals surface area (Å²) in [6.07, 6.45) is 4.94. The van der Waals surface area contributed by atoms with Crippen LogP contribution >= 0.6 is 0 Å². The molecular weight excluding hydrogens is 444 g/mol. The molecule has 0 aromatic heterocycles. The first-order valence-corrected chi connectivity index (χ1v) is 13.3. The molecule has 184 valence electrons. The lowest BCUT2D eigenvalue weighted by atomic mass is 9.87. The summed E-state index contributed by atoms with van der Waals surface area (Å²) in [5, 5.41) is 0. The third-order valence-corrected chi connectivity index (χ3v) is 8.74. The maximum atomic E-state index is 12.9. The van der Waals surface area contributed by atoms with Gasteiger partial charge in [0.2, 0.25) is 10.0 Å². The molecule has 0 atom stereocenters. The average Bonchev–Trinajstić information content (AvgIpc) is 2.83. The zero-order chi connectivity index (χ0) is 24.0. The molecule has 1 aromatic carbocycles. The SMILES string of the molecule is CCOc1ccc(S(=O)(=O)N2CCC(C(=O)OCC(=O)N(C)C3CCC(C)CC3)CC2)cc1. The van der Waals surface area contributed by atoms with Gasteiger partial charge in [-0.2, -0.15) is 4.31 Å². The van der Waals surface area contributed by atoms with Crippen LogP contribution in [0.15, 0.2) is 29.2 Å². The Labute approximate surface area is 197 Å². The van der Waals surface area contributed by atoms with Crippen molar-refractivity contribution >= 4 is 21.9 Å². The minimum atomic E-state index is -3.63. The molecule has 0 bridgehead atoms. The zero-order valence-electron chi connectivity index (χ0n) is 19.9. The van der Waals surface area contributed by atoms with Crippen molar-refractivity contribution in [2.45, 2.75) is 63.3 Å². The molecule has 1 aliphatic heterocycles. The Morgan fingerprint density at radius 2 is 1.64 bits per heavy atom. The number of benzene rings is 1. The number of nitrogens with zero attached hydrogens (tertiary/aromatic N) is 2. The predicted molar refractivity (Wildman–Crippen MR) is 124 cm³/mol. The highest BCUT2D eigenvalue weighted by Crippen LogP contribution is 2.27. The summed E-state index contributed by atoms with van der Waals surface area (Å²) >= 11 is 0. The molecule has 2 aliphatic rings. The van der Waals surface area contributed by atoms with Crippen LogP contribution in [0.2, 0.25) is 0 Å². The number of piperidine rings is 1. The van der Waals surface area contributed by atoms with E-state index in [0.717, 1.165) is 25.7 Å². The van der Waals surface area contributed by atoms with Gasteiger partial charge < -0.3 is 14.4 Å². The molecule has 0 spiro atoms. The van der Waals surface area contributed by atoms with Crippen LogP contribution in [0.3, 0.4) is 0 Å². The quantitative estimate of drug-likeness (QED) is 0.531. The molecule has 8 nitrogen and oxygen atoms in total. The Kier molecular flexibility index (Phi) is 8.75. The van der Waals surface area contributed by atoms with Gasteiger partial charge in [0.05, 0.1) is 17.4 Å². The van der Waals surface area contributed by atoms with E-state index in [4.69, 9.17) is 9.47 Å². The average molecular weight is 481 g/mol. The molecular formula is C24H36N2O6S. The molecule has 0 N–H and O–H groups in total. The minimum absolute atomic E-state index is 0.182. The van der Waals surface area contributed by atoms with Crippen LogP contribution in [0.4, 0.5) is 0 Å². The van der Waals surface area contributed by atoms with Gasteiger partial charge in [0.1, 0.15) is 5.75 Å². The van der Waals surface area contributed by atoms with Gasteiger partial charge >= 0.3 is 5.97 Å². The molecule has 0 unspecified atom stereocenters. The largest absolute Gasteiger partial charge is 0.494 e. The van der Waals surface area contributed by atoms with Crippen molar-refractivity contribution in [1.29, 1.82) is 0 Å². The smallest absolute Gasteiger partial charge is 0.309 e. The van der Waals surface area contributed by atoms with E-state index in [9.17, 15) is 18.0 Å². The van der Waals surface area contributed by atoms with Crippen molar-refractivity contribution < 1.29 is 27.5 Å². The van der Waals surface area contributed by atoms with Gasteiger partial charge in [0.25, 0.3) is 5.91 Å². The number of hydrogen-bond acceptors (Lipinski definition) is 6. The molecule has 33 heavy (non-hydrogen) atoms. The van der Waals surface area contributed by atoms with Crippen LogP contribution in [0.25, 0.3) is 0 Å². The molecule has 1 amide bonds. The van der Waals surface area contributed by atoms with Gasteiger partial charge in [-0.3, -0.25) is 9.59 Å². The number of ether oxygens (including phenoxy) is 2. The van der Waals surface area contributed by atoms with Crippen molar-refractivity contribution in [2.24, 2.45) is 11.8 Å². The van der Waals surface area contributed by atoms with Crippen molar-refractivity contribution in [3.05, 3.63) is 24.3 Å². The second kappa shape index (κ2) is 11.3. The number of rotatable bonds is 8. The Bertz CT molecular complexity index is 901. The Hall–Kier alpha value is -2.13. The van der Waals surface area contributed by atoms with Crippen LogP contribution in [-0.2, 0) is 24.3 Å². The summed E-state index contributed by atoms with van der Waals surface area (Å²) in [6.45, 7) is 4.83. The summed E-state index contributed by atoms with van der Waals surface area (Å²) in [7, 11) is -1.85. The molecule has 3 rings (SSSR count). The number of esters is 1. The Morgan fingerprint density at radius 1 is 1.03 bits per heavy atom. The second-order valence-electron chi connectivity index (χ2n) is 9.11. The molecule has 2 fully saturated rings. The van der Waals surface area contributed by atoms with E-state index in [1.54, 1.807) is 24.1 Å². The third kappa shape index (κ3) is 6.47. The monoisotopic (exact) mass is 480 g/mol. The van der Waals surface area contributed by atoms with E-state index in [-0.39, 0.29) is 36.5 Å². The molecule has 1 aromatic rings. The molecule has 1 aliphatic carbocycles. The van der Waals surface area contributed by atoms with Crippen molar-refractivity contribution in [3.8, 4) is 5.75 Å². The number of likely N-dealkylation sites (N-methyl/N-ethyl adjacent to an activating group) is 1. The highest BCUT2D eigenvalue weighted by Gasteiger charge is 2.33. The molecule has 1 heterocycles. The van der Waals surface area contributed by atoms with Crippen molar-refractivity contribution in [3.63, 3.8) is 0 Å². The first kappa shape index (κ1) is 25.5. The van der Waals surface area contributed by atoms with Crippen LogP contribution in [-0.4, -0.2) is 68.9 Å². The van der Waals surface area contributed by atoms with E-state index in [0.29, 0.717) is 31.1 Å². The van der Waals surface area contributed by atoms with Crippen LogP contribution < -0.4 is 4.74 Å². The maximum Gasteiger partial charge on any atom is 0.309 e. The van der Waals surface area contributed by atoms with E-state index in [1.807, 2.05) is 6.92 Å². The van der Waals surface area contributed by atoms with Gasteiger partial charge in [0, 0.05) is 26.2 Å². The third-order valence-electron chi connectivity index (χ3n) is 6.82. The van der Waals surface area contributed by atoms with E-state index < -0.39 is 21.9 Å². The fraction of sp³-hybridized carbons (Fsp3) is 0.667. The fourth-order valence-corrected chi connectivity index (χ4v) is 6.01. The summed E-state index contributed by atoms with van der Waals surface area (Å²) in [6, 6.07) is 6.57. The molecule has 9 heteroatoms. The Morgan fingerprint density at radius 3 is 2.21 bits per heavy atom. The van der Waals surface area contributed by atoms with Crippen molar-refractivity contribution in [1.82, 2.24) is 9.21 Å². The lowest BCUT2D eigenvalue weighted by Gasteiger charge is -2.33. The van der Waals surface area contributed by atoms with Crippen molar-refractivity contribution in [2.75, 3.05) is 33.4 Å². The fourth-order valence-electron chi connectivity index (χ4n) is 4.54. The highest BCUT2D eigenvalue weighted by atomic mass is 32.2. The zero-order valence-corrected chi connectivity index (χ0v) is 20.7. The second-order valence-corrected chi connectivity index (χ2v) is 11.0. The maximum absolute atomic E-state index is 12.9. The number of amides is 1. The lowest BCUT2D eigenvalue weighted by molar-refractivity contribution is -0.157. The van der Waals surface area contributed by atoms with Gasteiger partial charge in [-0.15, -0.1) is 0 Å². The minimum Gasteiger partial charge on any atom is -0.494 e. The summed E-state index contributed by atoms with van der Waals surface area (Å²) in [4.78, 5) is 26.9. The number of carbonyl (C=O) groups is 2. The first-order chi connectivity index (χ1) is 15.7. The Balaban J connectivity index is 1.46. The molecule has 1 saturated heterocycles. The number of sulfonamides is 1. The van der Waals surface area contributed by atoms with Crippen LogP contribution in [0, 0.1) is 11.8 Å². The topological polar surface area (TPSA) is 93.2 Å². The summed E-state index contributed by atoms with van der Waals surface area (Å²) < 4.78 is 37.9. The summed E-state index contributed by atoms with van der Waals surface area (Å²) in [5.74, 6) is 0.318.